The van der Waals surface area contributed by atoms with Crippen LogP contribution in [0.2, 0.25) is 0 Å². The highest BCUT2D eigenvalue weighted by molar-refractivity contribution is 6.01. The predicted molar refractivity (Wildman–Crippen MR) is 126 cm³/mol. The fourth-order valence-electron chi connectivity index (χ4n) is 3.22. The molecule has 31 heavy (non-hydrogen) atoms. The molecule has 0 aromatic heterocycles. The Labute approximate surface area is 182 Å². The number of hydrogen-bond donors (Lipinski definition) is 2. The van der Waals surface area contributed by atoms with Crippen molar-refractivity contribution in [2.24, 2.45) is 0 Å². The Bertz CT molecular complexity index is 1070. The van der Waals surface area contributed by atoms with Gasteiger partial charge >= 0.3 is 12.0 Å². The molecular weight excluding hydrogens is 388 g/mol. The lowest BCUT2D eigenvalue weighted by Gasteiger charge is -2.19. The molecular formula is C26H26N2O3. The van der Waals surface area contributed by atoms with Crippen LogP contribution in [0.3, 0.4) is 0 Å². The topological polar surface area (TPSA) is 69.6 Å². The number of aryl methyl sites for hydroxylation is 1. The van der Waals surface area contributed by atoms with Crippen LogP contribution in [-0.4, -0.2) is 24.2 Å². The average Bonchev–Trinajstić information content (AvgIpc) is 2.79. The maximum absolute atomic E-state index is 12.7. The number of anilines is 2. The van der Waals surface area contributed by atoms with Gasteiger partial charge in [0.15, 0.2) is 0 Å². The van der Waals surface area contributed by atoms with Gasteiger partial charge in [0.05, 0.1) is 0 Å². The predicted octanol–water partition coefficient (Wildman–Crippen LogP) is 6.07. The van der Waals surface area contributed by atoms with Gasteiger partial charge in [-0.05, 0) is 59.0 Å². The van der Waals surface area contributed by atoms with Crippen molar-refractivity contribution in [2.75, 3.05) is 17.3 Å². The second-order valence-corrected chi connectivity index (χ2v) is 7.28. The molecule has 3 rings (SSSR count). The van der Waals surface area contributed by atoms with Crippen molar-refractivity contribution < 1.29 is 14.7 Å². The highest BCUT2D eigenvalue weighted by Gasteiger charge is 2.12. The smallest absolute Gasteiger partial charge is 0.328 e. The summed E-state index contributed by atoms with van der Waals surface area (Å²) in [6, 6.07) is 23.0. The third-order valence-electron chi connectivity index (χ3n) is 4.94. The van der Waals surface area contributed by atoms with Crippen molar-refractivity contribution in [3.05, 3.63) is 90.0 Å². The van der Waals surface area contributed by atoms with Gasteiger partial charge in [0.2, 0.25) is 0 Å². The van der Waals surface area contributed by atoms with Gasteiger partial charge in [0.1, 0.15) is 0 Å². The third kappa shape index (κ3) is 6.06. The molecule has 0 aliphatic rings. The van der Waals surface area contributed by atoms with Crippen LogP contribution in [0.4, 0.5) is 16.2 Å². The van der Waals surface area contributed by atoms with Crippen molar-refractivity contribution in [3.8, 4) is 11.1 Å². The van der Waals surface area contributed by atoms with Crippen LogP contribution in [0.5, 0.6) is 0 Å². The molecule has 0 aliphatic heterocycles. The highest BCUT2D eigenvalue weighted by atomic mass is 16.4. The number of carboxylic acids is 1. The van der Waals surface area contributed by atoms with Crippen LogP contribution >= 0.6 is 0 Å². The number of carboxylic acid groups (broad SMARTS) is 1. The van der Waals surface area contributed by atoms with Gasteiger partial charge in [-0.1, -0.05) is 61.9 Å². The van der Waals surface area contributed by atoms with Gasteiger partial charge < -0.3 is 10.4 Å². The van der Waals surface area contributed by atoms with Gasteiger partial charge in [-0.2, -0.15) is 0 Å². The van der Waals surface area contributed by atoms with E-state index in [2.05, 4.69) is 12.2 Å². The molecule has 5 heteroatoms. The first kappa shape index (κ1) is 21.8. The highest BCUT2D eigenvalue weighted by Crippen LogP contribution is 2.25. The first-order valence-corrected chi connectivity index (χ1v) is 10.2. The molecule has 158 valence electrons. The lowest BCUT2D eigenvalue weighted by atomic mass is 10.0. The second kappa shape index (κ2) is 10.3. The molecule has 0 saturated carbocycles. The number of carbonyl (C=O) groups is 2. The molecule has 0 unspecified atom stereocenters. The molecule has 0 heterocycles. The number of rotatable bonds is 7. The Hall–Kier alpha value is -3.86. The Morgan fingerprint density at radius 2 is 1.68 bits per heavy atom. The molecule has 0 saturated heterocycles. The fourth-order valence-corrected chi connectivity index (χ4v) is 3.22. The SMILES string of the molecule is CCCc1ccc(NC(=O)N(C)c2cccc(-c3ccc(C=CC(=O)O)cc3)c2)cc1. The molecule has 0 radical (unpaired) electrons. The minimum absolute atomic E-state index is 0.213. The normalized spacial score (nSPS) is 10.8. The van der Waals surface area contributed by atoms with Crippen molar-refractivity contribution in [1.29, 1.82) is 0 Å². The summed E-state index contributed by atoms with van der Waals surface area (Å²) in [5.74, 6) is -0.977. The first-order valence-electron chi connectivity index (χ1n) is 10.2. The van der Waals surface area contributed by atoms with Crippen molar-refractivity contribution >= 4 is 29.5 Å². The van der Waals surface area contributed by atoms with Crippen LogP contribution in [0.1, 0.15) is 24.5 Å². The van der Waals surface area contributed by atoms with Crippen LogP contribution in [-0.2, 0) is 11.2 Å². The molecule has 5 nitrogen and oxygen atoms in total. The van der Waals surface area contributed by atoms with E-state index in [1.807, 2.05) is 72.8 Å². The molecule has 0 spiro atoms. The van der Waals surface area contributed by atoms with E-state index in [0.29, 0.717) is 0 Å². The molecule has 3 aromatic carbocycles. The average molecular weight is 415 g/mol. The van der Waals surface area contributed by atoms with Gasteiger partial charge in [-0.3, -0.25) is 4.90 Å². The van der Waals surface area contributed by atoms with E-state index in [1.165, 1.54) is 5.56 Å². The Kier molecular flexibility index (Phi) is 7.22. The monoisotopic (exact) mass is 414 g/mol. The minimum atomic E-state index is -0.977. The van der Waals surface area contributed by atoms with E-state index >= 15 is 0 Å². The van der Waals surface area contributed by atoms with E-state index in [9.17, 15) is 9.59 Å². The summed E-state index contributed by atoms with van der Waals surface area (Å²) in [7, 11) is 1.74. The van der Waals surface area contributed by atoms with Gasteiger partial charge in [-0.25, -0.2) is 9.59 Å². The van der Waals surface area contributed by atoms with E-state index in [-0.39, 0.29) is 6.03 Å². The summed E-state index contributed by atoms with van der Waals surface area (Å²) < 4.78 is 0. The summed E-state index contributed by atoms with van der Waals surface area (Å²) in [4.78, 5) is 24.9. The van der Waals surface area contributed by atoms with Gasteiger partial charge in [0.25, 0.3) is 0 Å². The number of nitrogens with zero attached hydrogens (tertiary/aromatic N) is 1. The number of benzene rings is 3. The summed E-state index contributed by atoms with van der Waals surface area (Å²) in [5.41, 5.74) is 5.55. The Morgan fingerprint density at radius 3 is 2.32 bits per heavy atom. The summed E-state index contributed by atoms with van der Waals surface area (Å²) in [6.07, 6.45) is 4.78. The van der Waals surface area contributed by atoms with Crippen molar-refractivity contribution in [1.82, 2.24) is 0 Å². The quantitative estimate of drug-likeness (QED) is 0.461. The van der Waals surface area contributed by atoms with Crippen LogP contribution in [0.25, 0.3) is 17.2 Å². The van der Waals surface area contributed by atoms with Crippen LogP contribution < -0.4 is 10.2 Å². The number of urea groups is 1. The van der Waals surface area contributed by atoms with Crippen molar-refractivity contribution in [3.63, 3.8) is 0 Å². The zero-order valence-corrected chi connectivity index (χ0v) is 17.7. The van der Waals surface area contributed by atoms with E-state index in [0.717, 1.165) is 47.0 Å². The zero-order valence-electron chi connectivity index (χ0n) is 17.7. The summed E-state index contributed by atoms with van der Waals surface area (Å²) in [5, 5.41) is 11.7. The molecule has 0 aliphatic carbocycles. The maximum Gasteiger partial charge on any atom is 0.328 e. The minimum Gasteiger partial charge on any atom is -0.478 e. The summed E-state index contributed by atoms with van der Waals surface area (Å²) >= 11 is 0. The fraction of sp³-hybridized carbons (Fsp3) is 0.154. The summed E-state index contributed by atoms with van der Waals surface area (Å²) in [6.45, 7) is 2.14. The molecule has 0 atom stereocenters. The van der Waals surface area contributed by atoms with Crippen LogP contribution in [0.15, 0.2) is 78.9 Å². The number of carbonyl (C=O) groups excluding carboxylic acids is 1. The Morgan fingerprint density at radius 1 is 0.968 bits per heavy atom. The first-order chi connectivity index (χ1) is 15.0. The lowest BCUT2D eigenvalue weighted by molar-refractivity contribution is -0.131. The second-order valence-electron chi connectivity index (χ2n) is 7.28. The molecule has 2 N–H and O–H groups in total. The standard InChI is InChI=1S/C26H26N2O3/c1-3-5-19-10-15-23(16-11-19)27-26(31)28(2)24-7-4-6-22(18-24)21-13-8-20(9-14-21)12-17-25(29)30/h4,6-18H,3,5H2,1-2H3,(H,27,31)(H,29,30). The largest absolute Gasteiger partial charge is 0.478 e. The van der Waals surface area contributed by atoms with Gasteiger partial charge in [-0.15, -0.1) is 0 Å². The zero-order chi connectivity index (χ0) is 22.2. The van der Waals surface area contributed by atoms with E-state index in [1.54, 1.807) is 18.0 Å². The van der Waals surface area contributed by atoms with Gasteiger partial charge in [0, 0.05) is 24.5 Å². The van der Waals surface area contributed by atoms with Crippen molar-refractivity contribution in [2.45, 2.75) is 19.8 Å². The lowest BCUT2D eigenvalue weighted by Crippen LogP contribution is -2.31. The number of nitrogens with one attached hydrogen (secondary N) is 1. The number of amides is 2. The number of aliphatic carboxylic acids is 1. The molecule has 2 amide bonds. The maximum atomic E-state index is 12.7. The third-order valence-corrected chi connectivity index (χ3v) is 4.94. The van der Waals surface area contributed by atoms with E-state index in [4.69, 9.17) is 5.11 Å². The number of hydrogen-bond acceptors (Lipinski definition) is 2. The van der Waals surface area contributed by atoms with E-state index < -0.39 is 5.97 Å². The van der Waals surface area contributed by atoms with Crippen LogP contribution in [0, 0.1) is 0 Å². The molecule has 0 fully saturated rings. The molecule has 0 bridgehead atoms. The Balaban J connectivity index is 1.71. The molecule has 3 aromatic rings.